The highest BCUT2D eigenvalue weighted by atomic mass is 35.5. The Kier molecular flexibility index (Phi) is 11.5. The predicted molar refractivity (Wildman–Crippen MR) is 178 cm³/mol. The van der Waals surface area contributed by atoms with E-state index < -0.39 is 11.9 Å². The molecule has 14 heteroatoms. The number of hydrogen-bond donors (Lipinski definition) is 0. The summed E-state index contributed by atoms with van der Waals surface area (Å²) >= 11 is 6.06. The molecule has 4 aromatic heterocycles. The maximum absolute atomic E-state index is 11.9. The van der Waals surface area contributed by atoms with Crippen LogP contribution in [0.5, 0.6) is 0 Å². The van der Waals surface area contributed by atoms with E-state index in [1.165, 1.54) is 16.9 Å². The van der Waals surface area contributed by atoms with Crippen molar-refractivity contribution in [3.05, 3.63) is 76.5 Å². The van der Waals surface area contributed by atoms with Crippen LogP contribution >= 0.6 is 11.6 Å². The van der Waals surface area contributed by atoms with E-state index in [9.17, 15) is 9.59 Å². The van der Waals surface area contributed by atoms with Crippen molar-refractivity contribution in [1.82, 2.24) is 29.2 Å². The van der Waals surface area contributed by atoms with Crippen LogP contribution in [0, 0.1) is 13.8 Å². The van der Waals surface area contributed by atoms with Crippen molar-refractivity contribution in [2.45, 2.75) is 80.4 Å². The van der Waals surface area contributed by atoms with Crippen LogP contribution in [0.15, 0.2) is 43.4 Å². The van der Waals surface area contributed by atoms with Crippen molar-refractivity contribution in [1.29, 1.82) is 0 Å². The lowest BCUT2D eigenvalue weighted by molar-refractivity contribution is 0.00578. The first-order chi connectivity index (χ1) is 21.4. The molecule has 0 N–H and O–H groups in total. The normalized spacial score (nSPS) is 14.6. The van der Waals surface area contributed by atoms with Crippen LogP contribution in [0.3, 0.4) is 0 Å². The first-order valence-electron chi connectivity index (χ1n) is 14.8. The lowest BCUT2D eigenvalue weighted by Crippen LogP contribution is -2.41. The molecular formula is C32H42BClN6O6. The molecule has 1 saturated heterocycles. The molecule has 5 heterocycles. The number of carbonyl (C=O) groups is 2. The van der Waals surface area contributed by atoms with Crippen LogP contribution in [0.25, 0.3) is 16.9 Å². The lowest BCUT2D eigenvalue weighted by atomic mass is 9.81. The third-order valence-electron chi connectivity index (χ3n) is 7.24. The van der Waals surface area contributed by atoms with Crippen LogP contribution in [0.2, 0.25) is 5.02 Å². The summed E-state index contributed by atoms with van der Waals surface area (Å²) in [6.45, 7) is 27.5. The standard InChI is InChI=1S/C13H15N3O2.C10H10ClN3O2.C9H17BO2/c1-5-18-13(17)10-6-14-16-7-9(4)15-12(16)11(10)8(2)3;1-3-16-10(15)7-4-12-14-5-6(2)13-9(14)8(7)11;1-7(2)10-11-8(3,4)9(5,6)12-10/h6-7H,2,5H2,1,3-4H3;4-5H,3H2,1-2H3;1H2,2-6H3. The predicted octanol–water partition coefficient (Wildman–Crippen LogP) is 6.31. The highest BCUT2D eigenvalue weighted by Gasteiger charge is 2.51. The monoisotopic (exact) mass is 652 g/mol. The number of aryl methyl sites for hydroxylation is 2. The molecule has 1 aliphatic heterocycles. The second kappa shape index (κ2) is 14.6. The van der Waals surface area contributed by atoms with Crippen molar-refractivity contribution in [3.8, 4) is 0 Å². The molecule has 246 valence electrons. The van der Waals surface area contributed by atoms with Gasteiger partial charge < -0.3 is 18.8 Å². The number of ether oxygens (including phenoxy) is 2. The average molecular weight is 653 g/mol. The van der Waals surface area contributed by atoms with Gasteiger partial charge in [-0.15, -0.1) is 6.58 Å². The molecular weight excluding hydrogens is 611 g/mol. The number of imidazole rings is 2. The number of allylic oxidation sites excluding steroid dienone is 2. The van der Waals surface area contributed by atoms with Crippen LogP contribution in [0.1, 0.15) is 93.1 Å². The van der Waals surface area contributed by atoms with Crippen LogP contribution in [-0.4, -0.2) is 72.7 Å². The van der Waals surface area contributed by atoms with E-state index in [2.05, 4.69) is 33.3 Å². The minimum Gasteiger partial charge on any atom is -0.462 e. The number of halogens is 1. The van der Waals surface area contributed by atoms with Gasteiger partial charge >= 0.3 is 19.1 Å². The molecule has 5 rings (SSSR count). The molecule has 1 aliphatic rings. The van der Waals surface area contributed by atoms with Crippen molar-refractivity contribution < 1.29 is 28.4 Å². The smallest absolute Gasteiger partial charge is 0.462 e. The van der Waals surface area contributed by atoms with Crippen molar-refractivity contribution in [2.75, 3.05) is 13.2 Å². The second-order valence-electron chi connectivity index (χ2n) is 11.8. The zero-order valence-electron chi connectivity index (χ0n) is 28.2. The Labute approximate surface area is 274 Å². The summed E-state index contributed by atoms with van der Waals surface area (Å²) in [4.78, 5) is 32.0. The summed E-state index contributed by atoms with van der Waals surface area (Å²) in [7, 11) is -0.241. The van der Waals surface area contributed by atoms with Gasteiger partial charge in [-0.05, 0) is 74.8 Å². The first kappa shape index (κ1) is 36.4. The average Bonchev–Trinajstić information content (AvgIpc) is 3.60. The molecule has 0 spiro atoms. The second-order valence-corrected chi connectivity index (χ2v) is 12.1. The summed E-state index contributed by atoms with van der Waals surface area (Å²) in [6.07, 6.45) is 6.41. The molecule has 0 atom stereocenters. The molecule has 0 radical (unpaired) electrons. The van der Waals surface area contributed by atoms with Gasteiger partial charge in [0.05, 0.1) is 66.2 Å². The van der Waals surface area contributed by atoms with E-state index in [1.807, 2.05) is 55.4 Å². The fourth-order valence-corrected chi connectivity index (χ4v) is 4.50. The highest BCUT2D eigenvalue weighted by Crippen LogP contribution is 2.38. The molecule has 46 heavy (non-hydrogen) atoms. The fourth-order valence-electron chi connectivity index (χ4n) is 4.25. The van der Waals surface area contributed by atoms with Gasteiger partial charge in [-0.3, -0.25) is 0 Å². The number of rotatable bonds is 6. The Morgan fingerprint density at radius 3 is 1.72 bits per heavy atom. The molecule has 0 bridgehead atoms. The van der Waals surface area contributed by atoms with Crippen LogP contribution in [-0.2, 0) is 18.8 Å². The Morgan fingerprint density at radius 2 is 1.28 bits per heavy atom. The lowest BCUT2D eigenvalue weighted by Gasteiger charge is -2.32. The van der Waals surface area contributed by atoms with Gasteiger partial charge in [0, 0.05) is 5.56 Å². The van der Waals surface area contributed by atoms with E-state index in [0.29, 0.717) is 35.6 Å². The molecule has 1 fully saturated rings. The zero-order chi connectivity index (χ0) is 34.6. The molecule has 0 aliphatic carbocycles. The van der Waals surface area contributed by atoms with Crippen molar-refractivity contribution in [3.63, 3.8) is 0 Å². The maximum atomic E-state index is 11.9. The maximum Gasteiger partial charge on any atom is 0.489 e. The number of fused-ring (bicyclic) bond motifs is 2. The summed E-state index contributed by atoms with van der Waals surface area (Å²) in [5.74, 6) is -0.880. The van der Waals surface area contributed by atoms with E-state index in [1.54, 1.807) is 30.8 Å². The zero-order valence-corrected chi connectivity index (χ0v) is 29.0. The quantitative estimate of drug-likeness (QED) is 0.172. The molecule has 12 nitrogen and oxygen atoms in total. The molecule has 0 unspecified atom stereocenters. The number of hydrogen-bond acceptors (Lipinski definition) is 10. The third kappa shape index (κ3) is 8.01. The summed E-state index contributed by atoms with van der Waals surface area (Å²) in [6, 6.07) is 0. The number of aromatic nitrogens is 6. The summed E-state index contributed by atoms with van der Waals surface area (Å²) in [5.41, 5.74) is 5.26. The van der Waals surface area contributed by atoms with E-state index in [-0.39, 0.29) is 28.9 Å². The Hall–Kier alpha value is -4.07. The molecule has 4 aromatic rings. The van der Waals surface area contributed by atoms with E-state index in [0.717, 1.165) is 22.4 Å². The minimum absolute atomic E-state index is 0.238. The molecule has 0 aromatic carbocycles. The number of carbonyl (C=O) groups excluding carboxylic acids is 2. The first-order valence-corrected chi connectivity index (χ1v) is 15.2. The Bertz CT molecular complexity index is 1760. The van der Waals surface area contributed by atoms with Gasteiger partial charge in [0.25, 0.3) is 0 Å². The van der Waals surface area contributed by atoms with Gasteiger partial charge in [-0.25, -0.2) is 28.6 Å². The summed E-state index contributed by atoms with van der Waals surface area (Å²) in [5, 5.41) is 8.46. The van der Waals surface area contributed by atoms with Gasteiger partial charge in [-0.1, -0.05) is 23.7 Å². The fraction of sp³-hybridized carbons (Fsp3) is 0.438. The topological polar surface area (TPSA) is 131 Å². The van der Waals surface area contributed by atoms with Gasteiger partial charge in [0.15, 0.2) is 11.3 Å². The highest BCUT2D eigenvalue weighted by molar-refractivity contribution is 6.54. The summed E-state index contributed by atoms with van der Waals surface area (Å²) < 4.78 is 24.5. The third-order valence-corrected chi connectivity index (χ3v) is 7.61. The number of esters is 2. The Morgan fingerprint density at radius 1 is 0.848 bits per heavy atom. The number of nitrogens with zero attached hydrogens (tertiary/aromatic N) is 6. The van der Waals surface area contributed by atoms with E-state index in [4.69, 9.17) is 30.4 Å². The molecule has 0 saturated carbocycles. The van der Waals surface area contributed by atoms with Crippen LogP contribution in [0.4, 0.5) is 0 Å². The molecule has 0 amide bonds. The minimum atomic E-state index is -0.483. The van der Waals surface area contributed by atoms with Crippen LogP contribution < -0.4 is 0 Å². The van der Waals surface area contributed by atoms with Crippen molar-refractivity contribution >= 4 is 47.5 Å². The SMILES string of the molecule is C=C(C)B1OC(C)(C)C(C)(C)O1.C=C(C)c1c(C(=O)OCC)cnn2cc(C)nc12.CCOC(=O)c1cnn2cc(C)nc2c1Cl. The van der Waals surface area contributed by atoms with Crippen molar-refractivity contribution in [2.24, 2.45) is 0 Å². The Balaban J connectivity index is 0.000000192. The largest absolute Gasteiger partial charge is 0.489 e. The van der Waals surface area contributed by atoms with Gasteiger partial charge in [0.2, 0.25) is 0 Å². The van der Waals surface area contributed by atoms with Gasteiger partial charge in [-0.2, -0.15) is 10.2 Å². The van der Waals surface area contributed by atoms with Gasteiger partial charge in [0.1, 0.15) is 10.6 Å². The van der Waals surface area contributed by atoms with E-state index >= 15 is 0 Å².